The molecule has 1 N–H and O–H groups in total. The summed E-state index contributed by atoms with van der Waals surface area (Å²) in [7, 11) is 0. The molecule has 0 fully saturated rings. The Labute approximate surface area is 147 Å². The van der Waals surface area contributed by atoms with Crippen molar-refractivity contribution in [1.29, 1.82) is 0 Å². The lowest BCUT2D eigenvalue weighted by Crippen LogP contribution is -2.32. The first-order valence-corrected chi connectivity index (χ1v) is 8.33. The van der Waals surface area contributed by atoms with Crippen LogP contribution in [0.4, 0.5) is 5.69 Å². The SMILES string of the molecule is CC(C)N(CCCOc1ccc(C(=O)O)cc1)c1ccc(Cl)cc1. The van der Waals surface area contributed by atoms with E-state index < -0.39 is 5.97 Å². The number of hydrogen-bond acceptors (Lipinski definition) is 3. The van der Waals surface area contributed by atoms with E-state index in [1.165, 1.54) is 0 Å². The highest BCUT2D eigenvalue weighted by Crippen LogP contribution is 2.20. The number of halogens is 1. The normalized spacial score (nSPS) is 10.7. The maximum absolute atomic E-state index is 10.8. The molecule has 0 spiro atoms. The van der Waals surface area contributed by atoms with Crippen molar-refractivity contribution in [2.75, 3.05) is 18.1 Å². The van der Waals surface area contributed by atoms with Crippen molar-refractivity contribution in [3.8, 4) is 5.75 Å². The molecule has 0 aliphatic rings. The summed E-state index contributed by atoms with van der Waals surface area (Å²) < 4.78 is 5.69. The first kappa shape index (κ1) is 18.1. The molecule has 24 heavy (non-hydrogen) atoms. The molecule has 0 saturated carbocycles. The molecule has 2 rings (SSSR count). The third-order valence-electron chi connectivity index (χ3n) is 3.69. The van der Waals surface area contributed by atoms with Crippen molar-refractivity contribution >= 4 is 23.3 Å². The molecule has 0 atom stereocenters. The standard InChI is InChI=1S/C19H22ClNO3/c1-14(2)21(17-8-6-16(20)7-9-17)12-3-13-24-18-10-4-15(5-11-18)19(22)23/h4-11,14H,3,12-13H2,1-2H3,(H,22,23). The van der Waals surface area contributed by atoms with Gasteiger partial charge in [-0.1, -0.05) is 11.6 Å². The van der Waals surface area contributed by atoms with Gasteiger partial charge in [0, 0.05) is 23.3 Å². The maximum Gasteiger partial charge on any atom is 0.335 e. The van der Waals surface area contributed by atoms with E-state index in [0.29, 0.717) is 18.4 Å². The monoisotopic (exact) mass is 347 g/mol. The fourth-order valence-electron chi connectivity index (χ4n) is 2.44. The molecule has 128 valence electrons. The van der Waals surface area contributed by atoms with Crippen LogP contribution in [0.3, 0.4) is 0 Å². The van der Waals surface area contributed by atoms with Gasteiger partial charge in [0.05, 0.1) is 12.2 Å². The van der Waals surface area contributed by atoms with Gasteiger partial charge in [-0.05, 0) is 68.8 Å². The van der Waals surface area contributed by atoms with Crippen molar-refractivity contribution in [3.05, 3.63) is 59.1 Å². The minimum Gasteiger partial charge on any atom is -0.494 e. The molecule has 0 saturated heterocycles. The molecular weight excluding hydrogens is 326 g/mol. The van der Waals surface area contributed by atoms with Crippen LogP contribution in [0.15, 0.2) is 48.5 Å². The van der Waals surface area contributed by atoms with E-state index in [1.54, 1.807) is 24.3 Å². The first-order valence-electron chi connectivity index (χ1n) is 7.95. The van der Waals surface area contributed by atoms with Crippen molar-refractivity contribution in [3.63, 3.8) is 0 Å². The van der Waals surface area contributed by atoms with E-state index >= 15 is 0 Å². The highest BCUT2D eigenvalue weighted by Gasteiger charge is 2.10. The zero-order valence-corrected chi connectivity index (χ0v) is 14.7. The van der Waals surface area contributed by atoms with Gasteiger partial charge >= 0.3 is 5.97 Å². The number of benzene rings is 2. The van der Waals surface area contributed by atoms with Crippen LogP contribution in [-0.2, 0) is 0 Å². The highest BCUT2D eigenvalue weighted by atomic mass is 35.5. The number of ether oxygens (including phenoxy) is 1. The molecule has 0 radical (unpaired) electrons. The van der Waals surface area contributed by atoms with E-state index in [1.807, 2.05) is 24.3 Å². The summed E-state index contributed by atoms with van der Waals surface area (Å²) in [6.07, 6.45) is 0.863. The molecule has 2 aromatic carbocycles. The molecular formula is C19H22ClNO3. The maximum atomic E-state index is 10.8. The molecule has 4 nitrogen and oxygen atoms in total. The van der Waals surface area contributed by atoms with Gasteiger partial charge in [-0.3, -0.25) is 0 Å². The van der Waals surface area contributed by atoms with E-state index in [-0.39, 0.29) is 5.56 Å². The number of carboxylic acids is 1. The van der Waals surface area contributed by atoms with Crippen molar-refractivity contribution in [1.82, 2.24) is 0 Å². The highest BCUT2D eigenvalue weighted by molar-refractivity contribution is 6.30. The minimum absolute atomic E-state index is 0.260. The van der Waals surface area contributed by atoms with Crippen LogP contribution in [0.25, 0.3) is 0 Å². The van der Waals surface area contributed by atoms with Gasteiger partial charge in [0.15, 0.2) is 0 Å². The zero-order chi connectivity index (χ0) is 17.5. The lowest BCUT2D eigenvalue weighted by molar-refractivity contribution is 0.0697. The molecule has 0 aliphatic heterocycles. The quantitative estimate of drug-likeness (QED) is 0.702. The first-order chi connectivity index (χ1) is 11.5. The fraction of sp³-hybridized carbons (Fsp3) is 0.316. The average molecular weight is 348 g/mol. The van der Waals surface area contributed by atoms with Crippen LogP contribution < -0.4 is 9.64 Å². The summed E-state index contributed by atoms with van der Waals surface area (Å²) in [4.78, 5) is 13.1. The van der Waals surface area contributed by atoms with Crippen molar-refractivity contribution in [2.45, 2.75) is 26.3 Å². The molecule has 0 amide bonds. The van der Waals surface area contributed by atoms with Crippen LogP contribution in [-0.4, -0.2) is 30.3 Å². The lowest BCUT2D eigenvalue weighted by Gasteiger charge is -2.29. The number of anilines is 1. The summed E-state index contributed by atoms with van der Waals surface area (Å²) in [6, 6.07) is 14.7. The number of nitrogens with zero attached hydrogens (tertiary/aromatic N) is 1. The van der Waals surface area contributed by atoms with Crippen LogP contribution in [0.1, 0.15) is 30.6 Å². The Morgan fingerprint density at radius 2 is 1.75 bits per heavy atom. The van der Waals surface area contributed by atoms with Crippen LogP contribution >= 0.6 is 11.6 Å². The number of carbonyl (C=O) groups is 1. The van der Waals surface area contributed by atoms with E-state index in [0.717, 1.165) is 23.7 Å². The van der Waals surface area contributed by atoms with Crippen LogP contribution in [0.5, 0.6) is 5.75 Å². The van der Waals surface area contributed by atoms with Crippen molar-refractivity contribution < 1.29 is 14.6 Å². The van der Waals surface area contributed by atoms with E-state index in [4.69, 9.17) is 21.4 Å². The summed E-state index contributed by atoms with van der Waals surface area (Å²) in [5.41, 5.74) is 1.40. The smallest absolute Gasteiger partial charge is 0.335 e. The summed E-state index contributed by atoms with van der Waals surface area (Å²) in [5.74, 6) is -0.250. The fourth-order valence-corrected chi connectivity index (χ4v) is 2.56. The third kappa shape index (κ3) is 5.17. The van der Waals surface area contributed by atoms with Gasteiger partial charge in [-0.15, -0.1) is 0 Å². The Balaban J connectivity index is 1.84. The zero-order valence-electron chi connectivity index (χ0n) is 13.9. The summed E-state index contributed by atoms with van der Waals surface area (Å²) >= 11 is 5.95. The van der Waals surface area contributed by atoms with Crippen molar-refractivity contribution in [2.24, 2.45) is 0 Å². The predicted octanol–water partition coefficient (Wildman–Crippen LogP) is 4.72. The van der Waals surface area contributed by atoms with E-state index in [9.17, 15) is 4.79 Å². The van der Waals surface area contributed by atoms with Crippen LogP contribution in [0, 0.1) is 0 Å². The molecule has 0 aliphatic carbocycles. The van der Waals surface area contributed by atoms with Crippen LogP contribution in [0.2, 0.25) is 5.02 Å². The van der Waals surface area contributed by atoms with Gasteiger partial charge in [-0.2, -0.15) is 0 Å². The Bertz CT molecular complexity index is 653. The second kappa shape index (κ2) is 8.60. The number of carboxylic acid groups (broad SMARTS) is 1. The molecule has 5 heteroatoms. The largest absolute Gasteiger partial charge is 0.494 e. The Hall–Kier alpha value is -2.20. The predicted molar refractivity (Wildman–Crippen MR) is 97.4 cm³/mol. The van der Waals surface area contributed by atoms with Gasteiger partial charge in [0.1, 0.15) is 5.75 Å². The Morgan fingerprint density at radius 3 is 2.29 bits per heavy atom. The van der Waals surface area contributed by atoms with Gasteiger partial charge < -0.3 is 14.7 Å². The summed E-state index contributed by atoms with van der Waals surface area (Å²) in [5, 5.41) is 9.61. The molecule has 0 aromatic heterocycles. The summed E-state index contributed by atoms with van der Waals surface area (Å²) in [6.45, 7) is 5.75. The van der Waals surface area contributed by atoms with E-state index in [2.05, 4.69) is 18.7 Å². The number of rotatable bonds is 8. The lowest BCUT2D eigenvalue weighted by atomic mass is 10.2. The Kier molecular flexibility index (Phi) is 6.50. The number of aromatic carboxylic acids is 1. The number of hydrogen-bond donors (Lipinski definition) is 1. The van der Waals surface area contributed by atoms with Gasteiger partial charge in [0.2, 0.25) is 0 Å². The second-order valence-corrected chi connectivity index (χ2v) is 6.23. The topological polar surface area (TPSA) is 49.8 Å². The van der Waals surface area contributed by atoms with Gasteiger partial charge in [0.25, 0.3) is 0 Å². The Morgan fingerprint density at radius 1 is 1.12 bits per heavy atom. The molecule has 0 heterocycles. The minimum atomic E-state index is -0.933. The molecule has 0 bridgehead atoms. The molecule has 2 aromatic rings. The average Bonchev–Trinajstić information content (AvgIpc) is 2.56. The van der Waals surface area contributed by atoms with Gasteiger partial charge in [-0.25, -0.2) is 4.79 Å². The third-order valence-corrected chi connectivity index (χ3v) is 3.95. The molecule has 0 unspecified atom stereocenters. The second-order valence-electron chi connectivity index (χ2n) is 5.80.